The van der Waals surface area contributed by atoms with Crippen LogP contribution in [0.2, 0.25) is 0 Å². The van der Waals surface area contributed by atoms with E-state index in [9.17, 15) is 0 Å². The largest absolute Gasteiger partial charge is 0.493 e. The average molecular weight is 318 g/mol. The van der Waals surface area contributed by atoms with Crippen LogP contribution in [0.4, 0.5) is 5.95 Å². The van der Waals surface area contributed by atoms with Crippen LogP contribution in [-0.4, -0.2) is 41.4 Å². The lowest BCUT2D eigenvalue weighted by Gasteiger charge is -2.07. The molecule has 114 valence electrons. The van der Waals surface area contributed by atoms with Crippen LogP contribution in [0, 0.1) is 11.3 Å². The van der Waals surface area contributed by atoms with Gasteiger partial charge in [-0.05, 0) is 23.8 Å². The van der Waals surface area contributed by atoms with Gasteiger partial charge in [0, 0.05) is 0 Å². The maximum atomic E-state index is 8.49. The Kier molecular flexibility index (Phi) is 5.62. The summed E-state index contributed by atoms with van der Waals surface area (Å²) in [6.07, 6.45) is 1.62. The highest BCUT2D eigenvalue weighted by molar-refractivity contribution is 7.99. The van der Waals surface area contributed by atoms with E-state index in [2.05, 4.69) is 25.7 Å². The molecule has 0 fully saturated rings. The standard InChI is InChI=1S/C13H14N6O2S/c1-20-10-4-3-9(7-11(10)21-2)8-15-17-12-16-13(19-18-12)22-6-5-14/h3-4,7-8H,6H2,1-2H3,(H2,16,17,18,19)/b15-8-. The Morgan fingerprint density at radius 1 is 1.41 bits per heavy atom. The van der Waals surface area contributed by atoms with Gasteiger partial charge in [0.1, 0.15) is 0 Å². The maximum absolute atomic E-state index is 8.49. The fourth-order valence-electron chi connectivity index (χ4n) is 1.56. The number of methoxy groups -OCH3 is 2. The van der Waals surface area contributed by atoms with Crippen molar-refractivity contribution in [3.8, 4) is 17.6 Å². The van der Waals surface area contributed by atoms with Gasteiger partial charge in [0.25, 0.3) is 0 Å². The number of hydrogen-bond donors (Lipinski definition) is 2. The van der Waals surface area contributed by atoms with Gasteiger partial charge in [0.15, 0.2) is 11.5 Å². The number of nitrogens with one attached hydrogen (secondary N) is 2. The van der Waals surface area contributed by atoms with E-state index < -0.39 is 0 Å². The third kappa shape index (κ3) is 4.13. The summed E-state index contributed by atoms with van der Waals surface area (Å²) in [5.74, 6) is 1.98. The normalized spacial score (nSPS) is 10.4. The molecule has 2 N–H and O–H groups in total. The quantitative estimate of drug-likeness (QED) is 0.456. The van der Waals surface area contributed by atoms with Crippen molar-refractivity contribution in [3.05, 3.63) is 23.8 Å². The monoisotopic (exact) mass is 318 g/mol. The van der Waals surface area contributed by atoms with Gasteiger partial charge in [-0.25, -0.2) is 10.5 Å². The topological polar surface area (TPSA) is 108 Å². The first-order valence-corrected chi connectivity index (χ1v) is 7.18. The van der Waals surface area contributed by atoms with Crippen molar-refractivity contribution in [2.45, 2.75) is 5.16 Å². The molecule has 2 aromatic rings. The molecule has 0 aliphatic heterocycles. The minimum Gasteiger partial charge on any atom is -0.493 e. The SMILES string of the molecule is COc1ccc(/C=N\Nc2nc(SCC#N)n[nH]2)cc1OC. The van der Waals surface area contributed by atoms with Gasteiger partial charge in [-0.1, -0.05) is 11.8 Å². The number of nitrogens with zero attached hydrogens (tertiary/aromatic N) is 4. The summed E-state index contributed by atoms with van der Waals surface area (Å²) in [4.78, 5) is 4.12. The Bertz CT molecular complexity index is 694. The summed E-state index contributed by atoms with van der Waals surface area (Å²) in [5.41, 5.74) is 3.56. The molecule has 1 heterocycles. The summed E-state index contributed by atoms with van der Waals surface area (Å²) in [6, 6.07) is 7.46. The van der Waals surface area contributed by atoms with Gasteiger partial charge >= 0.3 is 0 Å². The molecule has 2 rings (SSSR count). The van der Waals surface area contributed by atoms with Gasteiger partial charge < -0.3 is 9.47 Å². The number of nitriles is 1. The summed E-state index contributed by atoms with van der Waals surface area (Å²) >= 11 is 1.24. The summed E-state index contributed by atoms with van der Waals surface area (Å²) in [5, 5.41) is 19.6. The van der Waals surface area contributed by atoms with Gasteiger partial charge in [-0.3, -0.25) is 0 Å². The summed E-state index contributed by atoms with van der Waals surface area (Å²) in [6.45, 7) is 0. The van der Waals surface area contributed by atoms with Crippen LogP contribution in [-0.2, 0) is 0 Å². The first-order valence-electron chi connectivity index (χ1n) is 6.20. The smallest absolute Gasteiger partial charge is 0.240 e. The number of anilines is 1. The zero-order valence-electron chi connectivity index (χ0n) is 12.0. The number of aromatic amines is 1. The van der Waals surface area contributed by atoms with Crippen molar-refractivity contribution < 1.29 is 9.47 Å². The molecule has 1 aromatic carbocycles. The van der Waals surface area contributed by atoms with Crippen LogP contribution < -0.4 is 14.9 Å². The van der Waals surface area contributed by atoms with E-state index in [0.29, 0.717) is 28.4 Å². The van der Waals surface area contributed by atoms with Crippen molar-refractivity contribution in [2.24, 2.45) is 5.10 Å². The number of hydrogen-bond acceptors (Lipinski definition) is 8. The molecular formula is C13H14N6O2S. The highest BCUT2D eigenvalue weighted by Crippen LogP contribution is 2.26. The second kappa shape index (κ2) is 7.90. The van der Waals surface area contributed by atoms with Crippen LogP contribution >= 0.6 is 11.8 Å². The van der Waals surface area contributed by atoms with Gasteiger partial charge in [0.2, 0.25) is 11.1 Å². The second-order valence-corrected chi connectivity index (χ2v) is 4.84. The van der Waals surface area contributed by atoms with Crippen LogP contribution in [0.15, 0.2) is 28.5 Å². The third-order valence-corrected chi connectivity index (χ3v) is 3.24. The zero-order chi connectivity index (χ0) is 15.8. The first kappa shape index (κ1) is 15.7. The molecule has 1 aromatic heterocycles. The molecule has 22 heavy (non-hydrogen) atoms. The van der Waals surface area contributed by atoms with Crippen molar-refractivity contribution in [3.63, 3.8) is 0 Å². The van der Waals surface area contributed by atoms with E-state index in [4.69, 9.17) is 14.7 Å². The number of thioether (sulfide) groups is 1. The van der Waals surface area contributed by atoms with Crippen molar-refractivity contribution in [1.29, 1.82) is 5.26 Å². The Balaban J connectivity index is 1.97. The lowest BCUT2D eigenvalue weighted by molar-refractivity contribution is 0.355. The summed E-state index contributed by atoms with van der Waals surface area (Å²) in [7, 11) is 3.16. The van der Waals surface area contributed by atoms with E-state index in [-0.39, 0.29) is 0 Å². The number of hydrazone groups is 1. The molecule has 0 spiro atoms. The first-order chi connectivity index (χ1) is 10.8. The van der Waals surface area contributed by atoms with Crippen LogP contribution in [0.1, 0.15) is 5.56 Å². The lowest BCUT2D eigenvalue weighted by atomic mass is 10.2. The molecule has 9 heteroatoms. The summed E-state index contributed by atoms with van der Waals surface area (Å²) < 4.78 is 10.4. The highest BCUT2D eigenvalue weighted by atomic mass is 32.2. The number of H-pyrrole nitrogens is 1. The molecule has 8 nitrogen and oxygen atoms in total. The van der Waals surface area contributed by atoms with Crippen molar-refractivity contribution >= 4 is 23.9 Å². The molecule has 0 aliphatic rings. The Morgan fingerprint density at radius 2 is 2.23 bits per heavy atom. The van der Waals surface area contributed by atoms with Crippen molar-refractivity contribution in [2.75, 3.05) is 25.4 Å². The molecular weight excluding hydrogens is 304 g/mol. The minimum atomic E-state index is 0.298. The van der Waals surface area contributed by atoms with E-state index in [1.807, 2.05) is 12.1 Å². The maximum Gasteiger partial charge on any atom is 0.240 e. The molecule has 0 aliphatic carbocycles. The Hall–Kier alpha value is -2.73. The minimum absolute atomic E-state index is 0.298. The number of aromatic nitrogens is 3. The molecule has 0 radical (unpaired) electrons. The Labute approximate surface area is 131 Å². The molecule has 0 saturated heterocycles. The highest BCUT2D eigenvalue weighted by Gasteiger charge is 2.04. The van der Waals surface area contributed by atoms with E-state index in [0.717, 1.165) is 5.56 Å². The Morgan fingerprint density at radius 3 is 2.95 bits per heavy atom. The second-order valence-electron chi connectivity index (χ2n) is 3.90. The average Bonchev–Trinajstić information content (AvgIpc) is 3.00. The van der Waals surface area contributed by atoms with Gasteiger partial charge in [-0.15, -0.1) is 5.10 Å². The van der Waals surface area contributed by atoms with Crippen LogP contribution in [0.25, 0.3) is 0 Å². The molecule has 0 atom stereocenters. The predicted octanol–water partition coefficient (Wildman–Crippen LogP) is 1.88. The number of benzene rings is 1. The van der Waals surface area contributed by atoms with Crippen LogP contribution in [0.3, 0.4) is 0 Å². The van der Waals surface area contributed by atoms with E-state index in [1.165, 1.54) is 11.8 Å². The molecule has 0 amide bonds. The molecule has 0 saturated carbocycles. The predicted molar refractivity (Wildman–Crippen MR) is 83.5 cm³/mol. The van der Waals surface area contributed by atoms with Gasteiger partial charge in [0.05, 0.1) is 32.3 Å². The molecule has 0 unspecified atom stereocenters. The van der Waals surface area contributed by atoms with Crippen molar-refractivity contribution in [1.82, 2.24) is 15.2 Å². The fraction of sp³-hybridized carbons (Fsp3) is 0.231. The van der Waals surface area contributed by atoms with Crippen LogP contribution in [0.5, 0.6) is 11.5 Å². The van der Waals surface area contributed by atoms with E-state index in [1.54, 1.807) is 32.6 Å². The molecule has 0 bridgehead atoms. The lowest BCUT2D eigenvalue weighted by Crippen LogP contribution is -1.94. The van der Waals surface area contributed by atoms with Gasteiger partial charge in [-0.2, -0.15) is 15.3 Å². The number of ether oxygens (including phenoxy) is 2. The van der Waals surface area contributed by atoms with E-state index >= 15 is 0 Å². The third-order valence-electron chi connectivity index (χ3n) is 2.52. The fourth-order valence-corrected chi connectivity index (χ4v) is 2.02. The number of rotatable bonds is 7. The zero-order valence-corrected chi connectivity index (χ0v) is 12.8.